The summed E-state index contributed by atoms with van der Waals surface area (Å²) in [6.07, 6.45) is 1.61. The third kappa shape index (κ3) is 3.07. The fourth-order valence-corrected chi connectivity index (χ4v) is 3.43. The number of carbonyl (C=O) groups excluding carboxylic acids is 1. The van der Waals surface area contributed by atoms with E-state index in [9.17, 15) is 9.59 Å². The number of hydrogen-bond donors (Lipinski definition) is 1. The second-order valence-electron chi connectivity index (χ2n) is 5.19. The van der Waals surface area contributed by atoms with Gasteiger partial charge in [-0.15, -0.1) is 11.3 Å². The Morgan fingerprint density at radius 3 is 2.96 bits per heavy atom. The summed E-state index contributed by atoms with van der Waals surface area (Å²) in [5.41, 5.74) is 0.0929. The van der Waals surface area contributed by atoms with Gasteiger partial charge in [0.05, 0.1) is 10.4 Å². The van der Waals surface area contributed by atoms with Crippen molar-refractivity contribution < 1.29 is 4.79 Å². The summed E-state index contributed by atoms with van der Waals surface area (Å²) in [7, 11) is 0. The van der Waals surface area contributed by atoms with Gasteiger partial charge in [-0.25, -0.2) is 4.98 Å². The van der Waals surface area contributed by atoms with Crippen molar-refractivity contribution in [2.45, 2.75) is 26.9 Å². The highest BCUT2D eigenvalue weighted by Crippen LogP contribution is 2.15. The molecule has 3 aromatic rings. The number of rotatable bonds is 5. The molecule has 1 N–H and O–H groups in total. The Labute approximate surface area is 146 Å². The fourth-order valence-electron chi connectivity index (χ4n) is 2.39. The fraction of sp³-hybridized carbons (Fsp3) is 0.333. The van der Waals surface area contributed by atoms with Crippen LogP contribution in [-0.2, 0) is 13.1 Å². The van der Waals surface area contributed by atoms with Crippen LogP contribution >= 0.6 is 22.9 Å². The van der Waals surface area contributed by atoms with Crippen molar-refractivity contribution in [1.82, 2.24) is 24.6 Å². The van der Waals surface area contributed by atoms with E-state index in [1.54, 1.807) is 28.4 Å². The van der Waals surface area contributed by atoms with Crippen molar-refractivity contribution in [2.24, 2.45) is 0 Å². The first-order valence-corrected chi connectivity index (χ1v) is 8.72. The summed E-state index contributed by atoms with van der Waals surface area (Å²) in [6.45, 7) is 4.94. The average molecular weight is 366 g/mol. The molecule has 3 heterocycles. The van der Waals surface area contributed by atoms with Gasteiger partial charge in [0.15, 0.2) is 5.69 Å². The molecular formula is C15H16ClN5O2S. The molecular weight excluding hydrogens is 350 g/mol. The summed E-state index contributed by atoms with van der Waals surface area (Å²) in [4.78, 5) is 29.7. The maximum absolute atomic E-state index is 12.4. The molecule has 0 aliphatic heterocycles. The molecule has 0 fully saturated rings. The summed E-state index contributed by atoms with van der Waals surface area (Å²) in [6, 6.07) is 1.76. The number of carbonyl (C=O) groups is 1. The Morgan fingerprint density at radius 1 is 1.46 bits per heavy atom. The Morgan fingerprint density at radius 2 is 2.25 bits per heavy atom. The number of nitrogens with zero attached hydrogens (tertiary/aromatic N) is 4. The molecule has 126 valence electrons. The monoisotopic (exact) mass is 365 g/mol. The van der Waals surface area contributed by atoms with Crippen LogP contribution in [0.5, 0.6) is 0 Å². The molecule has 0 radical (unpaired) electrons. The predicted molar refractivity (Wildman–Crippen MR) is 93.9 cm³/mol. The van der Waals surface area contributed by atoms with E-state index in [-0.39, 0.29) is 23.7 Å². The average Bonchev–Trinajstić information content (AvgIpc) is 3.16. The normalized spacial score (nSPS) is 11.1. The molecule has 0 bridgehead atoms. The standard InChI is InChI=1S/C15H16ClN5O2S/c1-3-20-8-11(16)12(19-20)13(22)17-5-6-21-9(2)18-14-10(15(21)23)4-7-24-14/h4,7-8H,3,5-6H2,1-2H3,(H,17,22). The van der Waals surface area contributed by atoms with Gasteiger partial charge in [0.25, 0.3) is 11.5 Å². The van der Waals surface area contributed by atoms with E-state index < -0.39 is 0 Å². The van der Waals surface area contributed by atoms with E-state index >= 15 is 0 Å². The van der Waals surface area contributed by atoms with Gasteiger partial charge in [0.2, 0.25) is 0 Å². The van der Waals surface area contributed by atoms with Crippen LogP contribution in [0.1, 0.15) is 23.2 Å². The van der Waals surface area contributed by atoms with Crippen molar-refractivity contribution in [3.05, 3.63) is 44.5 Å². The zero-order valence-corrected chi connectivity index (χ0v) is 14.8. The number of hydrogen-bond acceptors (Lipinski definition) is 5. The Hall–Kier alpha value is -2.19. The maximum atomic E-state index is 12.4. The predicted octanol–water partition coefficient (Wildman–Crippen LogP) is 2.07. The van der Waals surface area contributed by atoms with Crippen molar-refractivity contribution in [2.75, 3.05) is 6.54 Å². The van der Waals surface area contributed by atoms with Crippen LogP contribution in [0.3, 0.4) is 0 Å². The molecule has 0 saturated heterocycles. The first-order valence-electron chi connectivity index (χ1n) is 7.47. The minimum Gasteiger partial charge on any atom is -0.349 e. The topological polar surface area (TPSA) is 81.8 Å². The van der Waals surface area contributed by atoms with Gasteiger partial charge >= 0.3 is 0 Å². The SMILES string of the molecule is CCn1cc(Cl)c(C(=O)NCCn2c(C)nc3sccc3c2=O)n1. The van der Waals surface area contributed by atoms with Gasteiger partial charge in [0, 0.05) is 25.8 Å². The van der Waals surface area contributed by atoms with Crippen molar-refractivity contribution in [3.63, 3.8) is 0 Å². The van der Waals surface area contributed by atoms with Gasteiger partial charge < -0.3 is 5.32 Å². The molecule has 0 saturated carbocycles. The summed E-state index contributed by atoms with van der Waals surface area (Å²) < 4.78 is 3.15. The molecule has 7 nitrogen and oxygen atoms in total. The first kappa shape index (κ1) is 16.7. The minimum atomic E-state index is -0.359. The van der Waals surface area contributed by atoms with Crippen LogP contribution in [0.15, 0.2) is 22.4 Å². The molecule has 0 spiro atoms. The first-order chi connectivity index (χ1) is 11.5. The van der Waals surface area contributed by atoms with E-state index in [4.69, 9.17) is 11.6 Å². The Balaban J connectivity index is 1.71. The van der Waals surface area contributed by atoms with Crippen molar-refractivity contribution in [3.8, 4) is 0 Å². The number of halogens is 1. The van der Waals surface area contributed by atoms with Crippen molar-refractivity contribution >= 4 is 39.1 Å². The molecule has 0 unspecified atom stereocenters. The van der Waals surface area contributed by atoms with Crippen LogP contribution in [0.25, 0.3) is 10.2 Å². The van der Waals surface area contributed by atoms with Crippen LogP contribution in [0, 0.1) is 6.92 Å². The molecule has 3 rings (SSSR count). The molecule has 0 aliphatic carbocycles. The number of amides is 1. The van der Waals surface area contributed by atoms with Crippen LogP contribution in [0.2, 0.25) is 5.02 Å². The highest BCUT2D eigenvalue weighted by Gasteiger charge is 2.15. The Bertz CT molecular complexity index is 959. The van der Waals surface area contributed by atoms with Crippen LogP contribution in [-0.4, -0.2) is 31.8 Å². The van der Waals surface area contributed by atoms with Crippen molar-refractivity contribution in [1.29, 1.82) is 0 Å². The number of nitrogens with one attached hydrogen (secondary N) is 1. The van der Waals surface area contributed by atoms with Gasteiger partial charge in [-0.1, -0.05) is 11.6 Å². The number of thiophene rings is 1. The third-order valence-electron chi connectivity index (χ3n) is 3.65. The molecule has 0 aliphatic rings. The summed E-state index contributed by atoms with van der Waals surface area (Å²) in [5.74, 6) is 0.264. The lowest BCUT2D eigenvalue weighted by atomic mass is 10.3. The molecule has 3 aromatic heterocycles. The minimum absolute atomic E-state index is 0.0960. The van der Waals surface area contributed by atoms with Gasteiger partial charge in [-0.3, -0.25) is 18.8 Å². The summed E-state index contributed by atoms with van der Waals surface area (Å²) >= 11 is 7.45. The van der Waals surface area contributed by atoms with Gasteiger partial charge in [-0.2, -0.15) is 5.10 Å². The van der Waals surface area contributed by atoms with Crippen LogP contribution in [0.4, 0.5) is 0 Å². The van der Waals surface area contributed by atoms with E-state index in [2.05, 4.69) is 15.4 Å². The molecule has 24 heavy (non-hydrogen) atoms. The second kappa shape index (κ2) is 6.74. The summed E-state index contributed by atoms with van der Waals surface area (Å²) in [5, 5.41) is 9.61. The lowest BCUT2D eigenvalue weighted by Gasteiger charge is -2.10. The highest BCUT2D eigenvalue weighted by molar-refractivity contribution is 7.16. The zero-order valence-electron chi connectivity index (χ0n) is 13.2. The van der Waals surface area contributed by atoms with E-state index in [1.165, 1.54) is 11.3 Å². The lowest BCUT2D eigenvalue weighted by Crippen LogP contribution is -2.32. The molecule has 0 aromatic carbocycles. The quantitative estimate of drug-likeness (QED) is 0.750. The number of aromatic nitrogens is 4. The largest absolute Gasteiger partial charge is 0.349 e. The zero-order chi connectivity index (χ0) is 17.3. The molecule has 1 amide bonds. The Kier molecular flexibility index (Phi) is 4.68. The van der Waals surface area contributed by atoms with E-state index in [0.717, 1.165) is 4.83 Å². The number of aryl methyl sites for hydroxylation is 2. The molecule has 9 heteroatoms. The third-order valence-corrected chi connectivity index (χ3v) is 4.73. The second-order valence-corrected chi connectivity index (χ2v) is 6.49. The van der Waals surface area contributed by atoms with E-state index in [1.807, 2.05) is 12.3 Å². The van der Waals surface area contributed by atoms with Crippen LogP contribution < -0.4 is 10.9 Å². The van der Waals surface area contributed by atoms with E-state index in [0.29, 0.717) is 29.3 Å². The smallest absolute Gasteiger partial charge is 0.273 e. The van der Waals surface area contributed by atoms with Gasteiger partial charge in [0.1, 0.15) is 10.7 Å². The highest BCUT2D eigenvalue weighted by atomic mass is 35.5. The molecule has 0 atom stereocenters. The number of fused-ring (bicyclic) bond motifs is 1. The lowest BCUT2D eigenvalue weighted by molar-refractivity contribution is 0.0946. The maximum Gasteiger partial charge on any atom is 0.273 e. The van der Waals surface area contributed by atoms with Gasteiger partial charge in [-0.05, 0) is 25.3 Å².